The summed E-state index contributed by atoms with van der Waals surface area (Å²) in [7, 11) is 0. The minimum Gasteiger partial charge on any atom is -0.465 e. The van der Waals surface area contributed by atoms with Crippen molar-refractivity contribution in [3.8, 4) is 11.4 Å². The second-order valence-electron chi connectivity index (χ2n) is 8.23. The Labute approximate surface area is 191 Å². The minimum absolute atomic E-state index is 0.0523. The molecular formula is C21H21F3N6O4. The van der Waals surface area contributed by atoms with Gasteiger partial charge in [-0.3, -0.25) is 4.90 Å². The Bertz CT molecular complexity index is 1220. The van der Waals surface area contributed by atoms with Gasteiger partial charge in [0.15, 0.2) is 11.5 Å². The predicted octanol–water partition coefficient (Wildman–Crippen LogP) is 2.51. The van der Waals surface area contributed by atoms with Crippen LogP contribution >= 0.6 is 0 Å². The van der Waals surface area contributed by atoms with Crippen LogP contribution < -0.4 is 9.80 Å². The van der Waals surface area contributed by atoms with Crippen molar-refractivity contribution in [3.63, 3.8) is 0 Å². The molecule has 2 bridgehead atoms. The van der Waals surface area contributed by atoms with Gasteiger partial charge in [-0.25, -0.2) is 19.4 Å². The number of hydrogen-bond acceptors (Lipinski definition) is 7. The van der Waals surface area contributed by atoms with E-state index < -0.39 is 18.8 Å². The second kappa shape index (κ2) is 8.40. The van der Waals surface area contributed by atoms with E-state index in [2.05, 4.69) is 15.1 Å². The highest BCUT2D eigenvalue weighted by molar-refractivity contribution is 5.90. The fraction of sp³-hybridized carbons (Fsp3) is 0.429. The molecule has 180 valence electrons. The van der Waals surface area contributed by atoms with Gasteiger partial charge in [0.2, 0.25) is 0 Å². The lowest BCUT2D eigenvalue weighted by Gasteiger charge is -2.28. The van der Waals surface area contributed by atoms with Gasteiger partial charge in [0, 0.05) is 17.8 Å². The van der Waals surface area contributed by atoms with E-state index in [1.807, 2.05) is 4.90 Å². The molecule has 2 aliphatic rings. The van der Waals surface area contributed by atoms with Crippen molar-refractivity contribution in [1.29, 1.82) is 0 Å². The summed E-state index contributed by atoms with van der Waals surface area (Å²) >= 11 is 0. The molecule has 0 radical (unpaired) electrons. The maximum Gasteiger partial charge on any atom is 0.411 e. The normalized spacial score (nSPS) is 19.8. The number of aromatic nitrogens is 4. The molecular weight excluding hydrogens is 457 g/mol. The number of ether oxygens (including phenoxy) is 1. The topological polar surface area (TPSA) is 117 Å². The zero-order valence-corrected chi connectivity index (χ0v) is 17.8. The van der Waals surface area contributed by atoms with E-state index >= 15 is 0 Å². The Morgan fingerprint density at radius 2 is 2.00 bits per heavy atom. The number of rotatable bonds is 6. The molecule has 2 unspecified atom stereocenters. The van der Waals surface area contributed by atoms with Crippen LogP contribution in [-0.4, -0.2) is 80.7 Å². The lowest BCUT2D eigenvalue weighted by molar-refractivity contribution is -0.141. The highest BCUT2D eigenvalue weighted by Crippen LogP contribution is 2.36. The van der Waals surface area contributed by atoms with Crippen LogP contribution in [0.2, 0.25) is 0 Å². The number of fused-ring (bicyclic) bond motifs is 3. The molecule has 2 aromatic heterocycles. The van der Waals surface area contributed by atoms with Crippen molar-refractivity contribution in [2.24, 2.45) is 0 Å². The smallest absolute Gasteiger partial charge is 0.411 e. The van der Waals surface area contributed by atoms with Crippen LogP contribution in [0.1, 0.15) is 6.42 Å². The van der Waals surface area contributed by atoms with Gasteiger partial charge in [0.25, 0.3) is 0 Å². The molecule has 1 aromatic carbocycles. The SMILES string of the molecule is O=C(O)N(CCO)c1ccc(-c2nc(N3CC4CC3CO4)c3cnn(CC(F)(F)F)c3n2)cc1. The molecule has 34 heavy (non-hydrogen) atoms. The van der Waals surface area contributed by atoms with Crippen LogP contribution in [0.15, 0.2) is 30.5 Å². The number of carbonyl (C=O) groups is 1. The molecule has 3 aromatic rings. The first-order valence-corrected chi connectivity index (χ1v) is 10.6. The summed E-state index contributed by atoms with van der Waals surface area (Å²) in [6.07, 6.45) is -3.46. The molecule has 10 nitrogen and oxygen atoms in total. The maximum absolute atomic E-state index is 13.1. The van der Waals surface area contributed by atoms with Crippen LogP contribution in [0.3, 0.4) is 0 Å². The average Bonchev–Trinajstić information content (AvgIpc) is 3.52. The van der Waals surface area contributed by atoms with Crippen molar-refractivity contribution in [2.75, 3.05) is 36.1 Å². The number of aliphatic hydroxyl groups is 1. The van der Waals surface area contributed by atoms with Crippen molar-refractivity contribution in [3.05, 3.63) is 30.5 Å². The van der Waals surface area contributed by atoms with Crippen LogP contribution in [0.25, 0.3) is 22.4 Å². The summed E-state index contributed by atoms with van der Waals surface area (Å²) in [6, 6.07) is 6.33. The first-order chi connectivity index (χ1) is 16.2. The minimum atomic E-state index is -4.47. The number of aliphatic hydroxyl groups excluding tert-OH is 1. The van der Waals surface area contributed by atoms with Crippen molar-refractivity contribution >= 4 is 28.6 Å². The standard InChI is InChI=1S/C21H21F3N6O4/c22-21(23,24)11-30-19-16(8-25-30)18(29-9-15-7-14(29)10-34-15)26-17(27-19)12-1-3-13(4-2-12)28(5-6-31)20(32)33/h1-4,8,14-15,31H,5-7,9-11H2,(H,32,33). The number of amides is 1. The van der Waals surface area contributed by atoms with Crippen LogP contribution in [0, 0.1) is 0 Å². The van der Waals surface area contributed by atoms with E-state index in [0.717, 1.165) is 16.0 Å². The van der Waals surface area contributed by atoms with E-state index in [4.69, 9.17) is 9.84 Å². The molecule has 0 spiro atoms. The third-order valence-electron chi connectivity index (χ3n) is 5.97. The Hall–Kier alpha value is -3.45. The van der Waals surface area contributed by atoms with Gasteiger partial charge >= 0.3 is 12.3 Å². The number of morpholine rings is 1. The summed E-state index contributed by atoms with van der Waals surface area (Å²) in [5.74, 6) is 0.700. The molecule has 2 atom stereocenters. The Morgan fingerprint density at radius 3 is 2.59 bits per heavy atom. The molecule has 2 N–H and O–H groups in total. The van der Waals surface area contributed by atoms with Gasteiger partial charge in [-0.05, 0) is 30.7 Å². The molecule has 2 fully saturated rings. The van der Waals surface area contributed by atoms with E-state index in [1.165, 1.54) is 18.3 Å². The van der Waals surface area contributed by atoms with Gasteiger partial charge in [-0.15, -0.1) is 0 Å². The van der Waals surface area contributed by atoms with Gasteiger partial charge in [0.1, 0.15) is 12.4 Å². The maximum atomic E-state index is 13.1. The van der Waals surface area contributed by atoms with E-state index in [9.17, 15) is 23.1 Å². The molecule has 4 heterocycles. The number of hydrogen-bond donors (Lipinski definition) is 2. The molecule has 1 amide bonds. The molecule has 0 aliphatic carbocycles. The number of benzene rings is 1. The first-order valence-electron chi connectivity index (χ1n) is 10.6. The summed E-state index contributed by atoms with van der Waals surface area (Å²) in [5, 5.41) is 22.8. The molecule has 2 saturated heterocycles. The number of halogens is 3. The van der Waals surface area contributed by atoms with Crippen molar-refractivity contribution in [1.82, 2.24) is 19.7 Å². The van der Waals surface area contributed by atoms with Crippen LogP contribution in [0.4, 0.5) is 29.5 Å². The largest absolute Gasteiger partial charge is 0.465 e. The number of carboxylic acid groups (broad SMARTS) is 1. The zero-order chi connectivity index (χ0) is 24.0. The van der Waals surface area contributed by atoms with E-state index in [0.29, 0.717) is 35.6 Å². The van der Waals surface area contributed by atoms with Crippen LogP contribution in [-0.2, 0) is 11.3 Å². The summed E-state index contributed by atoms with van der Waals surface area (Å²) in [6.45, 7) is -0.629. The monoisotopic (exact) mass is 478 g/mol. The van der Waals surface area contributed by atoms with Gasteiger partial charge < -0.3 is 19.8 Å². The van der Waals surface area contributed by atoms with E-state index in [1.54, 1.807) is 12.1 Å². The predicted molar refractivity (Wildman–Crippen MR) is 115 cm³/mol. The third-order valence-corrected chi connectivity index (χ3v) is 5.97. The Morgan fingerprint density at radius 1 is 1.24 bits per heavy atom. The van der Waals surface area contributed by atoms with Crippen molar-refractivity contribution < 1.29 is 32.9 Å². The quantitative estimate of drug-likeness (QED) is 0.555. The summed E-state index contributed by atoms with van der Waals surface area (Å²) in [4.78, 5) is 23.5. The molecule has 0 saturated carbocycles. The Balaban J connectivity index is 1.58. The second-order valence-corrected chi connectivity index (χ2v) is 8.23. The fourth-order valence-corrected chi connectivity index (χ4v) is 4.46. The zero-order valence-electron chi connectivity index (χ0n) is 17.8. The van der Waals surface area contributed by atoms with Gasteiger partial charge in [0.05, 0.1) is 43.5 Å². The highest BCUT2D eigenvalue weighted by atomic mass is 19.4. The van der Waals surface area contributed by atoms with Crippen molar-refractivity contribution in [2.45, 2.75) is 31.3 Å². The first kappa shape index (κ1) is 22.3. The number of alkyl halides is 3. The third kappa shape index (κ3) is 4.12. The number of anilines is 2. The van der Waals surface area contributed by atoms with Gasteiger partial charge in [-0.1, -0.05) is 0 Å². The molecule has 5 rings (SSSR count). The summed E-state index contributed by atoms with van der Waals surface area (Å²) < 4.78 is 45.9. The lowest BCUT2D eigenvalue weighted by Crippen LogP contribution is -2.37. The lowest BCUT2D eigenvalue weighted by atomic mass is 10.1. The van der Waals surface area contributed by atoms with E-state index in [-0.39, 0.29) is 36.8 Å². The Kier molecular flexibility index (Phi) is 5.52. The van der Waals surface area contributed by atoms with Gasteiger partial charge in [-0.2, -0.15) is 18.3 Å². The fourth-order valence-electron chi connectivity index (χ4n) is 4.46. The van der Waals surface area contributed by atoms with Crippen LogP contribution in [0.5, 0.6) is 0 Å². The highest BCUT2D eigenvalue weighted by Gasteiger charge is 2.41. The summed E-state index contributed by atoms with van der Waals surface area (Å²) in [5.41, 5.74) is 0.904. The molecule has 2 aliphatic heterocycles. The number of nitrogens with zero attached hydrogens (tertiary/aromatic N) is 6. The average molecular weight is 478 g/mol. The molecule has 13 heteroatoms.